The molecule has 2 aromatic rings. The Bertz CT molecular complexity index is 550. The minimum Gasteiger partial charge on any atom is -0.493 e. The van der Waals surface area contributed by atoms with E-state index in [1.807, 2.05) is 0 Å². The SMILES string of the molecule is CCCNC(Cc1ccsc1)c1ccc2c(c1)CCO2. The van der Waals surface area contributed by atoms with Gasteiger partial charge in [-0.3, -0.25) is 0 Å². The Kier molecular flexibility index (Phi) is 4.38. The number of fused-ring (bicyclic) bond motifs is 1. The van der Waals surface area contributed by atoms with Crippen molar-refractivity contribution >= 4 is 11.3 Å². The summed E-state index contributed by atoms with van der Waals surface area (Å²) >= 11 is 1.77. The molecule has 2 heterocycles. The summed E-state index contributed by atoms with van der Waals surface area (Å²) < 4.78 is 5.60. The summed E-state index contributed by atoms with van der Waals surface area (Å²) in [6, 6.07) is 9.29. The van der Waals surface area contributed by atoms with E-state index in [1.165, 1.54) is 16.7 Å². The first-order valence-electron chi connectivity index (χ1n) is 7.37. The molecule has 1 aliphatic heterocycles. The van der Waals surface area contributed by atoms with Crippen molar-refractivity contribution in [1.29, 1.82) is 0 Å². The van der Waals surface area contributed by atoms with Gasteiger partial charge in [0.15, 0.2) is 0 Å². The van der Waals surface area contributed by atoms with E-state index in [0.717, 1.165) is 38.2 Å². The molecule has 1 atom stereocenters. The van der Waals surface area contributed by atoms with E-state index in [0.29, 0.717) is 6.04 Å². The molecule has 1 aromatic carbocycles. The van der Waals surface area contributed by atoms with E-state index >= 15 is 0 Å². The maximum Gasteiger partial charge on any atom is 0.122 e. The quantitative estimate of drug-likeness (QED) is 0.868. The van der Waals surface area contributed by atoms with E-state index in [1.54, 1.807) is 11.3 Å². The van der Waals surface area contributed by atoms with Crippen LogP contribution >= 0.6 is 11.3 Å². The van der Waals surface area contributed by atoms with Crippen LogP contribution in [0.5, 0.6) is 5.75 Å². The third kappa shape index (κ3) is 3.05. The second-order valence-electron chi connectivity index (χ2n) is 5.31. The lowest BCUT2D eigenvalue weighted by Gasteiger charge is -2.19. The predicted octanol–water partition coefficient (Wildman–Crippen LogP) is 3.97. The number of nitrogens with one attached hydrogen (secondary N) is 1. The Balaban J connectivity index is 1.80. The van der Waals surface area contributed by atoms with Gasteiger partial charge in [0.25, 0.3) is 0 Å². The summed E-state index contributed by atoms with van der Waals surface area (Å²) in [6.45, 7) is 4.10. The van der Waals surface area contributed by atoms with Gasteiger partial charge in [0.05, 0.1) is 6.61 Å². The van der Waals surface area contributed by atoms with Crippen LogP contribution in [0, 0.1) is 0 Å². The fourth-order valence-corrected chi connectivity index (χ4v) is 3.38. The molecule has 0 spiro atoms. The average molecular weight is 287 g/mol. The molecule has 1 N–H and O–H groups in total. The summed E-state index contributed by atoms with van der Waals surface area (Å²) in [6.07, 6.45) is 3.26. The molecule has 1 unspecified atom stereocenters. The summed E-state index contributed by atoms with van der Waals surface area (Å²) in [5.74, 6) is 1.07. The second-order valence-corrected chi connectivity index (χ2v) is 6.09. The molecular weight excluding hydrogens is 266 g/mol. The number of benzene rings is 1. The Hall–Kier alpha value is -1.32. The van der Waals surface area contributed by atoms with E-state index in [-0.39, 0.29) is 0 Å². The number of ether oxygens (including phenoxy) is 1. The third-order valence-electron chi connectivity index (χ3n) is 3.78. The van der Waals surface area contributed by atoms with Crippen LogP contribution in [-0.2, 0) is 12.8 Å². The van der Waals surface area contributed by atoms with E-state index in [9.17, 15) is 0 Å². The molecule has 0 saturated carbocycles. The van der Waals surface area contributed by atoms with E-state index < -0.39 is 0 Å². The minimum atomic E-state index is 0.399. The van der Waals surface area contributed by atoms with Gasteiger partial charge in [-0.2, -0.15) is 11.3 Å². The summed E-state index contributed by atoms with van der Waals surface area (Å²) in [4.78, 5) is 0. The van der Waals surface area contributed by atoms with Crippen LogP contribution in [0.4, 0.5) is 0 Å². The molecule has 0 saturated heterocycles. The highest BCUT2D eigenvalue weighted by atomic mass is 32.1. The first kappa shape index (κ1) is 13.7. The Labute approximate surface area is 124 Å². The highest BCUT2D eigenvalue weighted by Crippen LogP contribution is 2.29. The molecule has 20 heavy (non-hydrogen) atoms. The van der Waals surface area contributed by atoms with Gasteiger partial charge in [0, 0.05) is 12.5 Å². The zero-order valence-electron chi connectivity index (χ0n) is 11.9. The fourth-order valence-electron chi connectivity index (χ4n) is 2.69. The van der Waals surface area contributed by atoms with Crippen molar-refractivity contribution in [1.82, 2.24) is 5.32 Å². The molecule has 1 aliphatic rings. The highest BCUT2D eigenvalue weighted by molar-refractivity contribution is 7.07. The Morgan fingerprint density at radius 3 is 3.10 bits per heavy atom. The van der Waals surface area contributed by atoms with Gasteiger partial charge in [-0.05, 0) is 59.0 Å². The number of rotatable bonds is 6. The Morgan fingerprint density at radius 2 is 2.30 bits per heavy atom. The lowest BCUT2D eigenvalue weighted by atomic mass is 9.97. The van der Waals surface area contributed by atoms with Gasteiger partial charge in [-0.25, -0.2) is 0 Å². The minimum absolute atomic E-state index is 0.399. The molecule has 1 aromatic heterocycles. The topological polar surface area (TPSA) is 21.3 Å². The van der Waals surface area contributed by atoms with Gasteiger partial charge < -0.3 is 10.1 Å². The van der Waals surface area contributed by atoms with Crippen LogP contribution in [0.1, 0.15) is 36.1 Å². The van der Waals surface area contributed by atoms with Crippen molar-refractivity contribution in [2.45, 2.75) is 32.2 Å². The van der Waals surface area contributed by atoms with Crippen LogP contribution in [-0.4, -0.2) is 13.2 Å². The maximum absolute atomic E-state index is 5.60. The van der Waals surface area contributed by atoms with Crippen LogP contribution in [0.15, 0.2) is 35.0 Å². The number of hydrogen-bond donors (Lipinski definition) is 1. The zero-order valence-corrected chi connectivity index (χ0v) is 12.7. The molecule has 0 radical (unpaired) electrons. The third-order valence-corrected chi connectivity index (χ3v) is 4.51. The smallest absolute Gasteiger partial charge is 0.122 e. The normalized spacial score (nSPS) is 14.8. The van der Waals surface area contributed by atoms with Crippen LogP contribution in [0.2, 0.25) is 0 Å². The molecule has 106 valence electrons. The van der Waals surface area contributed by atoms with Crippen molar-refractivity contribution in [3.63, 3.8) is 0 Å². The Morgan fingerprint density at radius 1 is 1.35 bits per heavy atom. The fraction of sp³-hybridized carbons (Fsp3) is 0.412. The molecule has 0 amide bonds. The standard InChI is InChI=1S/C17H21NOS/c1-2-7-18-16(10-13-6-9-20-12-13)14-3-4-17-15(11-14)5-8-19-17/h3-4,6,9,11-12,16,18H,2,5,7-8,10H2,1H3. The van der Waals surface area contributed by atoms with Crippen LogP contribution < -0.4 is 10.1 Å². The molecule has 3 heteroatoms. The van der Waals surface area contributed by atoms with Crippen molar-refractivity contribution in [2.75, 3.05) is 13.2 Å². The van der Waals surface area contributed by atoms with Crippen LogP contribution in [0.25, 0.3) is 0 Å². The van der Waals surface area contributed by atoms with E-state index in [2.05, 4.69) is 47.3 Å². The first-order valence-corrected chi connectivity index (χ1v) is 8.31. The highest BCUT2D eigenvalue weighted by Gasteiger charge is 2.17. The summed E-state index contributed by atoms with van der Waals surface area (Å²) in [5.41, 5.74) is 4.16. The monoisotopic (exact) mass is 287 g/mol. The first-order chi connectivity index (χ1) is 9.86. The molecule has 0 bridgehead atoms. The van der Waals surface area contributed by atoms with Gasteiger partial charge in [0.2, 0.25) is 0 Å². The van der Waals surface area contributed by atoms with Gasteiger partial charge >= 0.3 is 0 Å². The largest absolute Gasteiger partial charge is 0.493 e. The average Bonchev–Trinajstić information content (AvgIpc) is 3.13. The lowest BCUT2D eigenvalue weighted by Crippen LogP contribution is -2.24. The van der Waals surface area contributed by atoms with Crippen LogP contribution in [0.3, 0.4) is 0 Å². The zero-order chi connectivity index (χ0) is 13.8. The second kappa shape index (κ2) is 6.42. The van der Waals surface area contributed by atoms with Crippen molar-refractivity contribution in [2.24, 2.45) is 0 Å². The van der Waals surface area contributed by atoms with Crippen molar-refractivity contribution in [3.05, 3.63) is 51.7 Å². The number of hydrogen-bond acceptors (Lipinski definition) is 3. The molecular formula is C17H21NOS. The van der Waals surface area contributed by atoms with E-state index in [4.69, 9.17) is 4.74 Å². The van der Waals surface area contributed by atoms with Gasteiger partial charge in [-0.15, -0.1) is 0 Å². The maximum atomic E-state index is 5.60. The predicted molar refractivity (Wildman–Crippen MR) is 84.7 cm³/mol. The van der Waals surface area contributed by atoms with Crippen molar-refractivity contribution in [3.8, 4) is 5.75 Å². The van der Waals surface area contributed by atoms with Gasteiger partial charge in [-0.1, -0.05) is 19.1 Å². The number of thiophene rings is 1. The lowest BCUT2D eigenvalue weighted by molar-refractivity contribution is 0.356. The van der Waals surface area contributed by atoms with Crippen molar-refractivity contribution < 1.29 is 4.74 Å². The molecule has 3 rings (SSSR count). The summed E-state index contributed by atoms with van der Waals surface area (Å²) in [5, 5.41) is 8.08. The molecule has 0 fully saturated rings. The van der Waals surface area contributed by atoms with Gasteiger partial charge in [0.1, 0.15) is 5.75 Å². The molecule has 2 nitrogen and oxygen atoms in total. The summed E-state index contributed by atoms with van der Waals surface area (Å²) in [7, 11) is 0. The molecule has 0 aliphatic carbocycles.